The summed E-state index contributed by atoms with van der Waals surface area (Å²) in [5.41, 5.74) is 0. The molecule has 7 nitrogen and oxygen atoms in total. The van der Waals surface area contributed by atoms with Crippen LogP contribution in [-0.2, 0) is 18.1 Å². The molecule has 0 fully saturated rings. The second-order valence-corrected chi connectivity index (χ2v) is 7.82. The molecule has 0 aliphatic rings. The van der Waals surface area contributed by atoms with Crippen molar-refractivity contribution in [3.63, 3.8) is 0 Å². The molecule has 0 unspecified atom stereocenters. The van der Waals surface area contributed by atoms with E-state index in [0.29, 0.717) is 37.6 Å². The highest BCUT2D eigenvalue weighted by molar-refractivity contribution is 7.48. The van der Waals surface area contributed by atoms with Gasteiger partial charge in [0.1, 0.15) is 0 Å². The number of alkyl halides is 3. The Balaban J connectivity index is 4.55. The Kier molecular flexibility index (Phi) is 17.3. The fraction of sp³-hybridized carbons (Fsp3) is 1.00. The molecule has 0 amide bonds. The number of nitrogens with zero attached hydrogens (tertiary/aromatic N) is 3. The van der Waals surface area contributed by atoms with Crippen LogP contribution in [0.3, 0.4) is 0 Å². The maximum absolute atomic E-state index is 12.9. The fourth-order valence-electron chi connectivity index (χ4n) is 1.86. The van der Waals surface area contributed by atoms with E-state index in [9.17, 15) is 4.57 Å². The minimum atomic E-state index is -3.66. The van der Waals surface area contributed by atoms with Crippen molar-refractivity contribution < 1.29 is 18.1 Å². The van der Waals surface area contributed by atoms with Gasteiger partial charge < -0.3 is 0 Å². The van der Waals surface area contributed by atoms with Crippen molar-refractivity contribution in [2.45, 2.75) is 20.8 Å². The molecule has 0 saturated heterocycles. The Morgan fingerprint density at radius 3 is 1.12 bits per heavy atom. The summed E-state index contributed by atoms with van der Waals surface area (Å²) in [4.78, 5) is 5.85. The van der Waals surface area contributed by atoms with Crippen molar-refractivity contribution in [3.8, 4) is 0 Å². The van der Waals surface area contributed by atoms with Gasteiger partial charge in [0.15, 0.2) is 0 Å². The highest BCUT2D eigenvalue weighted by Crippen LogP contribution is 2.49. The molecule has 0 spiro atoms. The lowest BCUT2D eigenvalue weighted by Crippen LogP contribution is -2.28. The second-order valence-electron chi connectivity index (χ2n) is 5.44. The number of phosphoric ester groups is 1. The van der Waals surface area contributed by atoms with Gasteiger partial charge in [-0.3, -0.25) is 28.3 Å². The van der Waals surface area contributed by atoms with E-state index >= 15 is 0 Å². The molecule has 0 aromatic rings. The SMILES string of the molecule is CCN(CCl)CCOP(=O)(OCCN(CC)CCl)OCCN(CC)CCl. The van der Waals surface area contributed by atoms with E-state index < -0.39 is 7.82 Å². The third-order valence-electron chi connectivity index (χ3n) is 3.82. The standard InChI is InChI=1S/C15H33Cl3N3O4P/c1-4-19(13-16)7-10-23-26(22,24-11-8-20(5-2)14-17)25-12-9-21(6-3)15-18/h4-15H2,1-3H3. The van der Waals surface area contributed by atoms with Crippen molar-refractivity contribution in [2.24, 2.45) is 0 Å². The van der Waals surface area contributed by atoms with E-state index in [1.165, 1.54) is 0 Å². The van der Waals surface area contributed by atoms with Gasteiger partial charge in [-0.1, -0.05) is 20.8 Å². The molecule has 0 aromatic heterocycles. The normalized spacial score (nSPS) is 12.7. The van der Waals surface area contributed by atoms with E-state index in [1.807, 2.05) is 35.5 Å². The summed E-state index contributed by atoms with van der Waals surface area (Å²) in [7, 11) is -3.66. The summed E-state index contributed by atoms with van der Waals surface area (Å²) < 4.78 is 29.3. The molecule has 158 valence electrons. The molecule has 0 atom stereocenters. The van der Waals surface area contributed by atoms with Gasteiger partial charge in [-0.05, 0) is 19.6 Å². The predicted octanol–water partition coefficient (Wildman–Crippen LogP) is 3.70. The minimum Gasteiger partial charge on any atom is -0.288 e. The molecule has 0 saturated carbocycles. The van der Waals surface area contributed by atoms with E-state index in [-0.39, 0.29) is 19.8 Å². The second kappa shape index (κ2) is 16.8. The third-order valence-corrected chi connectivity index (χ3v) is 6.33. The first-order valence-corrected chi connectivity index (χ1v) is 11.9. The van der Waals surface area contributed by atoms with Crippen LogP contribution in [0.4, 0.5) is 0 Å². The van der Waals surface area contributed by atoms with Crippen molar-refractivity contribution in [1.82, 2.24) is 14.7 Å². The molecule has 0 radical (unpaired) electrons. The summed E-state index contributed by atoms with van der Waals surface area (Å²) in [6.07, 6.45) is 0. The average molecular weight is 457 g/mol. The number of halogens is 3. The first kappa shape index (κ1) is 26.9. The van der Waals surface area contributed by atoms with Gasteiger partial charge in [0, 0.05) is 19.6 Å². The quantitative estimate of drug-likeness (QED) is 0.177. The summed E-state index contributed by atoms with van der Waals surface area (Å²) in [5.74, 6) is 0. The van der Waals surface area contributed by atoms with Crippen molar-refractivity contribution in [3.05, 3.63) is 0 Å². The van der Waals surface area contributed by atoms with Gasteiger partial charge in [0.25, 0.3) is 0 Å². The maximum atomic E-state index is 12.9. The molecule has 0 aromatic carbocycles. The summed E-state index contributed by atoms with van der Waals surface area (Å²) >= 11 is 17.5. The monoisotopic (exact) mass is 455 g/mol. The topological polar surface area (TPSA) is 54.5 Å². The molecular weight excluding hydrogens is 424 g/mol. The Morgan fingerprint density at radius 2 is 0.923 bits per heavy atom. The summed E-state index contributed by atoms with van der Waals surface area (Å²) in [6, 6.07) is 1.15. The number of hydrogen-bond acceptors (Lipinski definition) is 7. The van der Waals surface area contributed by atoms with Crippen LogP contribution < -0.4 is 0 Å². The maximum Gasteiger partial charge on any atom is 0.474 e. The minimum absolute atomic E-state index is 0.206. The van der Waals surface area contributed by atoms with E-state index in [1.54, 1.807) is 0 Å². The van der Waals surface area contributed by atoms with E-state index in [0.717, 1.165) is 19.6 Å². The van der Waals surface area contributed by atoms with Crippen LogP contribution in [0.5, 0.6) is 0 Å². The van der Waals surface area contributed by atoms with Gasteiger partial charge in [0.2, 0.25) is 0 Å². The van der Waals surface area contributed by atoms with E-state index in [4.69, 9.17) is 48.4 Å². The molecule has 0 heterocycles. The van der Waals surface area contributed by atoms with Crippen molar-refractivity contribution in [2.75, 3.05) is 77.1 Å². The molecular formula is C15H33Cl3N3O4P. The lowest BCUT2D eigenvalue weighted by atomic mass is 10.5. The molecule has 0 N–H and O–H groups in total. The van der Waals surface area contributed by atoms with Crippen LogP contribution in [0.25, 0.3) is 0 Å². The average Bonchev–Trinajstić information content (AvgIpc) is 2.66. The molecule has 0 bridgehead atoms. The Labute approximate surface area is 173 Å². The molecule has 0 aliphatic carbocycles. The molecule has 26 heavy (non-hydrogen) atoms. The highest BCUT2D eigenvalue weighted by Gasteiger charge is 2.27. The van der Waals surface area contributed by atoms with Crippen LogP contribution in [-0.4, -0.2) is 91.8 Å². The predicted molar refractivity (Wildman–Crippen MR) is 109 cm³/mol. The molecule has 11 heteroatoms. The number of likely N-dealkylation sites (N-methyl/N-ethyl adjacent to an activating group) is 3. The van der Waals surface area contributed by atoms with Crippen LogP contribution in [0.2, 0.25) is 0 Å². The van der Waals surface area contributed by atoms with E-state index in [2.05, 4.69) is 0 Å². The van der Waals surface area contributed by atoms with Crippen molar-refractivity contribution >= 4 is 42.6 Å². The fourth-order valence-corrected chi connectivity index (χ4v) is 3.87. The smallest absolute Gasteiger partial charge is 0.288 e. The number of phosphoric acid groups is 1. The van der Waals surface area contributed by atoms with Gasteiger partial charge in [0.05, 0.1) is 37.8 Å². The van der Waals surface area contributed by atoms with Gasteiger partial charge in [-0.2, -0.15) is 0 Å². The van der Waals surface area contributed by atoms with Gasteiger partial charge in [-0.15, -0.1) is 34.8 Å². The van der Waals surface area contributed by atoms with Crippen LogP contribution in [0.15, 0.2) is 0 Å². The summed E-state index contributed by atoms with van der Waals surface area (Å²) in [5, 5.41) is 0. The summed E-state index contributed by atoms with van der Waals surface area (Å²) in [6.45, 7) is 10.6. The highest BCUT2D eigenvalue weighted by atomic mass is 35.5. The van der Waals surface area contributed by atoms with Crippen molar-refractivity contribution in [1.29, 1.82) is 0 Å². The first-order valence-electron chi connectivity index (χ1n) is 8.87. The number of rotatable bonds is 18. The van der Waals surface area contributed by atoms with Crippen LogP contribution >= 0.6 is 42.6 Å². The van der Waals surface area contributed by atoms with Crippen LogP contribution in [0, 0.1) is 0 Å². The zero-order chi connectivity index (χ0) is 19.8. The lowest BCUT2D eigenvalue weighted by molar-refractivity contribution is 0.0912. The van der Waals surface area contributed by atoms with Crippen LogP contribution in [0.1, 0.15) is 20.8 Å². The number of hydrogen-bond donors (Lipinski definition) is 0. The molecule has 0 rings (SSSR count). The zero-order valence-electron chi connectivity index (χ0n) is 16.0. The Bertz CT molecular complexity index is 322. The largest absolute Gasteiger partial charge is 0.474 e. The lowest BCUT2D eigenvalue weighted by Gasteiger charge is -2.23. The first-order chi connectivity index (χ1) is 12.5. The Morgan fingerprint density at radius 1 is 0.654 bits per heavy atom. The van der Waals surface area contributed by atoms with Gasteiger partial charge >= 0.3 is 7.82 Å². The van der Waals surface area contributed by atoms with Gasteiger partial charge in [-0.25, -0.2) is 4.57 Å². The third kappa shape index (κ3) is 12.3. The molecule has 0 aliphatic heterocycles. The Hall–Kier alpha value is 0.860. The zero-order valence-corrected chi connectivity index (χ0v) is 19.2.